The second kappa shape index (κ2) is 6.50. The summed E-state index contributed by atoms with van der Waals surface area (Å²) in [5, 5.41) is 3.82. The first kappa shape index (κ1) is 15.9. The lowest BCUT2D eigenvalue weighted by atomic mass is 9.87. The molecule has 0 saturated carbocycles. The molecule has 0 fully saturated rings. The number of halogens is 1. The fourth-order valence-electron chi connectivity index (χ4n) is 2.11. The summed E-state index contributed by atoms with van der Waals surface area (Å²) >= 11 is 6.09. The molecule has 2 aromatic carbocycles. The zero-order valence-electron chi connectivity index (χ0n) is 13.0. The van der Waals surface area contributed by atoms with Crippen molar-refractivity contribution in [2.24, 2.45) is 0 Å². The molecular formula is C18H22ClNO. The van der Waals surface area contributed by atoms with E-state index in [0.717, 1.165) is 23.6 Å². The molecule has 2 nitrogen and oxygen atoms in total. The molecule has 2 rings (SSSR count). The Morgan fingerprint density at radius 1 is 1.10 bits per heavy atom. The second-order valence-corrected chi connectivity index (χ2v) is 6.60. The van der Waals surface area contributed by atoms with Crippen molar-refractivity contribution in [2.45, 2.75) is 32.7 Å². The van der Waals surface area contributed by atoms with Gasteiger partial charge in [-0.25, -0.2) is 0 Å². The van der Waals surface area contributed by atoms with Crippen LogP contribution in [0, 0.1) is 0 Å². The van der Waals surface area contributed by atoms with Gasteiger partial charge < -0.3 is 10.1 Å². The Balaban J connectivity index is 2.32. The summed E-state index contributed by atoms with van der Waals surface area (Å²) < 4.78 is 6.05. The largest absolute Gasteiger partial charge is 0.457 e. The number of nitrogens with one attached hydrogen (secondary N) is 1. The average Bonchev–Trinajstić information content (AvgIpc) is 2.41. The quantitative estimate of drug-likeness (QED) is 0.843. The van der Waals surface area contributed by atoms with Gasteiger partial charge in [-0.15, -0.1) is 0 Å². The highest BCUT2D eigenvalue weighted by atomic mass is 35.5. The predicted octanol–water partition coefficient (Wildman–Crippen LogP) is 5.15. The first-order valence-corrected chi connectivity index (χ1v) is 7.49. The third kappa shape index (κ3) is 4.23. The van der Waals surface area contributed by atoms with Gasteiger partial charge in [0.2, 0.25) is 0 Å². The van der Waals surface area contributed by atoms with Crippen molar-refractivity contribution in [1.29, 1.82) is 0 Å². The van der Waals surface area contributed by atoms with E-state index in [4.69, 9.17) is 16.3 Å². The molecule has 1 N–H and O–H groups in total. The highest BCUT2D eigenvalue weighted by Gasteiger charge is 2.14. The van der Waals surface area contributed by atoms with Crippen LogP contribution in [0.2, 0.25) is 5.02 Å². The number of hydrogen-bond donors (Lipinski definition) is 1. The van der Waals surface area contributed by atoms with Crippen LogP contribution in [0.5, 0.6) is 11.5 Å². The molecule has 0 aliphatic rings. The van der Waals surface area contributed by atoms with Gasteiger partial charge in [0.25, 0.3) is 0 Å². The molecular weight excluding hydrogens is 282 g/mol. The van der Waals surface area contributed by atoms with Gasteiger partial charge in [0, 0.05) is 17.1 Å². The van der Waals surface area contributed by atoms with Crippen molar-refractivity contribution >= 4 is 11.6 Å². The minimum Gasteiger partial charge on any atom is -0.457 e. The zero-order valence-corrected chi connectivity index (χ0v) is 13.8. The molecule has 0 saturated heterocycles. The summed E-state index contributed by atoms with van der Waals surface area (Å²) in [4.78, 5) is 0. The molecule has 0 heterocycles. The van der Waals surface area contributed by atoms with E-state index in [0.29, 0.717) is 5.02 Å². The van der Waals surface area contributed by atoms with E-state index < -0.39 is 0 Å². The first-order chi connectivity index (χ1) is 9.90. The average molecular weight is 304 g/mol. The summed E-state index contributed by atoms with van der Waals surface area (Å²) in [6, 6.07) is 13.9. The summed E-state index contributed by atoms with van der Waals surface area (Å²) in [6.07, 6.45) is 0. The van der Waals surface area contributed by atoms with Crippen LogP contribution < -0.4 is 10.1 Å². The fraction of sp³-hybridized carbons (Fsp3) is 0.333. The molecule has 21 heavy (non-hydrogen) atoms. The maximum absolute atomic E-state index is 6.09. The van der Waals surface area contributed by atoms with Crippen molar-refractivity contribution in [1.82, 2.24) is 5.32 Å². The standard InChI is InChI=1S/C18H22ClNO/c1-18(2,3)14-6-5-7-16(10-14)21-17-11-15(19)9-8-13(17)12-20-4/h5-11,20H,12H2,1-4H3. The van der Waals surface area contributed by atoms with Crippen LogP contribution in [0.3, 0.4) is 0 Å². The Bertz CT molecular complexity index is 617. The lowest BCUT2D eigenvalue weighted by molar-refractivity contribution is 0.470. The maximum Gasteiger partial charge on any atom is 0.133 e. The van der Waals surface area contributed by atoms with Crippen molar-refractivity contribution in [2.75, 3.05) is 7.05 Å². The van der Waals surface area contributed by atoms with E-state index in [2.05, 4.69) is 38.2 Å². The number of ether oxygens (including phenoxy) is 1. The van der Waals surface area contributed by atoms with Gasteiger partial charge in [-0.2, -0.15) is 0 Å². The van der Waals surface area contributed by atoms with Crippen LogP contribution in [-0.2, 0) is 12.0 Å². The summed E-state index contributed by atoms with van der Waals surface area (Å²) in [6.45, 7) is 7.32. The van der Waals surface area contributed by atoms with Gasteiger partial charge >= 0.3 is 0 Å². The summed E-state index contributed by atoms with van der Waals surface area (Å²) in [5.74, 6) is 1.63. The minimum absolute atomic E-state index is 0.0987. The lowest BCUT2D eigenvalue weighted by Gasteiger charge is -2.20. The molecule has 3 heteroatoms. The third-order valence-corrected chi connectivity index (χ3v) is 3.56. The van der Waals surface area contributed by atoms with Crippen molar-refractivity contribution in [3.63, 3.8) is 0 Å². The van der Waals surface area contributed by atoms with Crippen molar-refractivity contribution < 1.29 is 4.74 Å². The molecule has 0 aromatic heterocycles. The van der Waals surface area contributed by atoms with Crippen LogP contribution in [-0.4, -0.2) is 7.05 Å². The third-order valence-electron chi connectivity index (χ3n) is 3.32. The Morgan fingerprint density at radius 3 is 2.52 bits per heavy atom. The van der Waals surface area contributed by atoms with E-state index in [1.54, 1.807) is 0 Å². The summed E-state index contributed by atoms with van der Waals surface area (Å²) in [5.41, 5.74) is 2.43. The highest BCUT2D eigenvalue weighted by molar-refractivity contribution is 6.30. The molecule has 0 amide bonds. The minimum atomic E-state index is 0.0987. The summed E-state index contributed by atoms with van der Waals surface area (Å²) in [7, 11) is 1.92. The lowest BCUT2D eigenvalue weighted by Crippen LogP contribution is -2.10. The smallest absolute Gasteiger partial charge is 0.133 e. The molecule has 0 bridgehead atoms. The molecule has 0 radical (unpaired) electrons. The van der Waals surface area contributed by atoms with Crippen LogP contribution in [0.15, 0.2) is 42.5 Å². The molecule has 0 aliphatic carbocycles. The first-order valence-electron chi connectivity index (χ1n) is 7.11. The van der Waals surface area contributed by atoms with Crippen LogP contribution in [0.1, 0.15) is 31.9 Å². The number of benzene rings is 2. The van der Waals surface area contributed by atoms with Gasteiger partial charge in [0.05, 0.1) is 0 Å². The monoisotopic (exact) mass is 303 g/mol. The van der Waals surface area contributed by atoms with Gasteiger partial charge in [0.15, 0.2) is 0 Å². The predicted molar refractivity (Wildman–Crippen MR) is 89.4 cm³/mol. The maximum atomic E-state index is 6.09. The molecule has 0 spiro atoms. The molecule has 0 unspecified atom stereocenters. The van der Waals surface area contributed by atoms with Crippen LogP contribution in [0.4, 0.5) is 0 Å². The zero-order chi connectivity index (χ0) is 15.5. The van der Waals surface area contributed by atoms with Gasteiger partial charge in [-0.05, 0) is 42.3 Å². The van der Waals surface area contributed by atoms with Crippen LogP contribution >= 0.6 is 11.6 Å². The second-order valence-electron chi connectivity index (χ2n) is 6.16. The molecule has 2 aromatic rings. The topological polar surface area (TPSA) is 21.3 Å². The van der Waals surface area contributed by atoms with E-state index >= 15 is 0 Å². The van der Waals surface area contributed by atoms with E-state index in [-0.39, 0.29) is 5.41 Å². The Morgan fingerprint density at radius 2 is 1.86 bits per heavy atom. The highest BCUT2D eigenvalue weighted by Crippen LogP contribution is 2.31. The SMILES string of the molecule is CNCc1ccc(Cl)cc1Oc1cccc(C(C)(C)C)c1. The van der Waals surface area contributed by atoms with Gasteiger partial charge in [-0.3, -0.25) is 0 Å². The van der Waals surface area contributed by atoms with Crippen molar-refractivity contribution in [3.8, 4) is 11.5 Å². The normalized spacial score (nSPS) is 11.5. The molecule has 112 valence electrons. The Hall–Kier alpha value is -1.51. The van der Waals surface area contributed by atoms with Crippen molar-refractivity contribution in [3.05, 3.63) is 58.6 Å². The fourth-order valence-corrected chi connectivity index (χ4v) is 2.28. The molecule has 0 aliphatic heterocycles. The Labute approximate surface area is 132 Å². The van der Waals surface area contributed by atoms with E-state index in [1.165, 1.54) is 5.56 Å². The number of hydrogen-bond acceptors (Lipinski definition) is 2. The van der Waals surface area contributed by atoms with Crippen LogP contribution in [0.25, 0.3) is 0 Å². The van der Waals surface area contributed by atoms with Gasteiger partial charge in [-0.1, -0.05) is 50.6 Å². The molecule has 0 atom stereocenters. The number of rotatable bonds is 4. The van der Waals surface area contributed by atoms with E-state index in [1.807, 2.05) is 37.4 Å². The Kier molecular flexibility index (Phi) is 4.92. The van der Waals surface area contributed by atoms with Gasteiger partial charge in [0.1, 0.15) is 11.5 Å². The van der Waals surface area contributed by atoms with E-state index in [9.17, 15) is 0 Å².